The quantitative estimate of drug-likeness (QED) is 0.523. The third kappa shape index (κ3) is 31.3. The van der Waals surface area contributed by atoms with E-state index in [2.05, 4.69) is 0 Å². The zero-order valence-corrected chi connectivity index (χ0v) is 13.6. The summed E-state index contributed by atoms with van der Waals surface area (Å²) in [5.41, 5.74) is 0. The maximum absolute atomic E-state index is 8.56. The molecule has 0 aliphatic rings. The average molecular weight is 387 g/mol. The van der Waals surface area contributed by atoms with Crippen LogP contribution in [0.3, 0.4) is 0 Å². The molecule has 4 atom stereocenters. The number of hydrogen-bond acceptors (Lipinski definition) is 4. The molecule has 0 bridgehead atoms. The molecule has 0 aromatic carbocycles. The second kappa shape index (κ2) is 12.8. The molecule has 0 spiro atoms. The Labute approximate surface area is 111 Å². The van der Waals surface area contributed by atoms with E-state index in [1.165, 1.54) is 0 Å². The summed E-state index contributed by atoms with van der Waals surface area (Å²) in [7, 11) is 0. The Bertz CT molecular complexity index is 90.0. The molecule has 4 unspecified atom stereocenters. The van der Waals surface area contributed by atoms with Gasteiger partial charge in [-0.3, -0.25) is 0 Å². The van der Waals surface area contributed by atoms with Gasteiger partial charge in [-0.1, -0.05) is 0 Å². The molecule has 0 amide bonds. The van der Waals surface area contributed by atoms with Crippen molar-refractivity contribution in [2.24, 2.45) is 0 Å². The Hall–Kier alpha value is 0.710. The van der Waals surface area contributed by atoms with E-state index >= 15 is 0 Å². The van der Waals surface area contributed by atoms with Crippen LogP contribution in [0.25, 0.3) is 0 Å². The first-order chi connectivity index (χ1) is 6.25. The number of aliphatic hydroxyl groups is 4. The zero-order chi connectivity index (χ0) is 11.7. The van der Waals surface area contributed by atoms with Gasteiger partial charge in [-0.25, -0.2) is 0 Å². The van der Waals surface area contributed by atoms with Crippen molar-refractivity contribution in [2.75, 3.05) is 0 Å². The summed E-state index contributed by atoms with van der Waals surface area (Å²) in [6, 6.07) is 0. The Morgan fingerprint density at radius 2 is 0.733 bits per heavy atom. The molecule has 0 heterocycles. The molecule has 0 radical (unpaired) electrons. The van der Waals surface area contributed by atoms with E-state index in [9.17, 15) is 0 Å². The summed E-state index contributed by atoms with van der Waals surface area (Å²) < 4.78 is 0. The molecule has 0 aromatic heterocycles. The number of aliphatic hydroxyl groups excluding tert-OH is 4. The van der Waals surface area contributed by atoms with E-state index in [-0.39, 0.29) is 50.3 Å². The Kier molecular flexibility index (Phi) is 17.9. The summed E-state index contributed by atoms with van der Waals surface area (Å²) in [6.45, 7) is 6.64. The first-order valence-electron chi connectivity index (χ1n) is 4.98. The van der Waals surface area contributed by atoms with Crippen molar-refractivity contribution in [3.63, 3.8) is 0 Å². The van der Waals surface area contributed by atoms with Crippen molar-refractivity contribution >= 4 is 0 Å². The van der Waals surface area contributed by atoms with Crippen molar-refractivity contribution in [2.45, 2.75) is 65.0 Å². The number of hydrogen-bond donors (Lipinski definition) is 4. The van der Waals surface area contributed by atoms with Gasteiger partial charge in [0.25, 0.3) is 0 Å². The van der Waals surface area contributed by atoms with E-state index in [0.29, 0.717) is 12.8 Å². The smallest absolute Gasteiger partial charge is 0.0536 e. The molecule has 92 valence electrons. The van der Waals surface area contributed by atoms with Gasteiger partial charge in [-0.05, 0) is 40.5 Å². The van der Waals surface area contributed by atoms with Crippen molar-refractivity contribution in [3.8, 4) is 0 Å². The van der Waals surface area contributed by atoms with Crippen LogP contribution in [-0.2, 0) is 25.8 Å². The minimum atomic E-state index is -0.375. The molecule has 4 nitrogen and oxygen atoms in total. The molecule has 5 heteroatoms. The van der Waals surface area contributed by atoms with Gasteiger partial charge >= 0.3 is 0 Å². The largest absolute Gasteiger partial charge is 0.393 e. The molecular formula is C10H24HfO4. The van der Waals surface area contributed by atoms with Crippen LogP contribution in [0.5, 0.6) is 0 Å². The fourth-order valence-electron chi connectivity index (χ4n) is 0.987. The van der Waals surface area contributed by atoms with Gasteiger partial charge in [0.1, 0.15) is 0 Å². The van der Waals surface area contributed by atoms with E-state index in [4.69, 9.17) is 20.4 Å². The first kappa shape index (κ1) is 21.0. The van der Waals surface area contributed by atoms with E-state index in [1.54, 1.807) is 27.7 Å². The van der Waals surface area contributed by atoms with Gasteiger partial charge in [0.15, 0.2) is 0 Å². The van der Waals surface area contributed by atoms with Crippen LogP contribution in [0.2, 0.25) is 0 Å². The molecule has 0 saturated carbocycles. The topological polar surface area (TPSA) is 80.9 Å². The van der Waals surface area contributed by atoms with Crippen molar-refractivity contribution in [3.05, 3.63) is 0 Å². The van der Waals surface area contributed by atoms with Crippen molar-refractivity contribution in [1.82, 2.24) is 0 Å². The summed E-state index contributed by atoms with van der Waals surface area (Å²) in [5, 5.41) is 34.3. The van der Waals surface area contributed by atoms with Crippen LogP contribution < -0.4 is 0 Å². The van der Waals surface area contributed by atoms with Crippen LogP contribution in [0, 0.1) is 0 Å². The third-order valence-corrected chi connectivity index (χ3v) is 1.36. The van der Waals surface area contributed by atoms with Gasteiger partial charge < -0.3 is 20.4 Å². The van der Waals surface area contributed by atoms with Gasteiger partial charge in [-0.15, -0.1) is 0 Å². The predicted molar refractivity (Wildman–Crippen MR) is 56.0 cm³/mol. The van der Waals surface area contributed by atoms with Crippen molar-refractivity contribution < 1.29 is 46.3 Å². The zero-order valence-electron chi connectivity index (χ0n) is 10.0. The van der Waals surface area contributed by atoms with Gasteiger partial charge in [0.2, 0.25) is 0 Å². The third-order valence-electron chi connectivity index (χ3n) is 1.36. The van der Waals surface area contributed by atoms with E-state index in [1.807, 2.05) is 0 Å². The summed E-state index contributed by atoms with van der Waals surface area (Å²) >= 11 is 0. The average Bonchev–Trinajstić information content (AvgIpc) is 1.79. The van der Waals surface area contributed by atoms with E-state index < -0.39 is 0 Å². The monoisotopic (exact) mass is 388 g/mol. The van der Waals surface area contributed by atoms with Crippen LogP contribution in [0.4, 0.5) is 0 Å². The molecule has 0 saturated heterocycles. The maximum atomic E-state index is 8.56. The predicted octanol–water partition coefficient (Wildman–Crippen LogP) is 0.274. The number of rotatable bonds is 4. The van der Waals surface area contributed by atoms with Gasteiger partial charge in [0, 0.05) is 25.8 Å². The van der Waals surface area contributed by atoms with Crippen LogP contribution in [0.1, 0.15) is 40.5 Å². The van der Waals surface area contributed by atoms with Crippen LogP contribution >= 0.6 is 0 Å². The maximum Gasteiger partial charge on any atom is 0.0536 e. The van der Waals surface area contributed by atoms with Crippen molar-refractivity contribution in [1.29, 1.82) is 0 Å². The molecule has 4 N–H and O–H groups in total. The van der Waals surface area contributed by atoms with E-state index in [0.717, 1.165) is 0 Å². The summed E-state index contributed by atoms with van der Waals surface area (Å²) in [4.78, 5) is 0. The standard InChI is InChI=1S/2C5H12O2.Hf/c2*1-4(6)3-5(2)7;/h2*4-7H,3H2,1-2H3;. The Morgan fingerprint density at radius 3 is 0.733 bits per heavy atom. The molecule has 0 aliphatic heterocycles. The fraction of sp³-hybridized carbons (Fsp3) is 1.00. The molecule has 15 heavy (non-hydrogen) atoms. The Balaban J connectivity index is -0.000000180. The van der Waals surface area contributed by atoms with Gasteiger partial charge in [-0.2, -0.15) is 0 Å². The SMILES string of the molecule is CC(O)CC(C)O.CC(O)CC(C)O.[Hf]. The molecule has 0 fully saturated rings. The Morgan fingerprint density at radius 1 is 0.600 bits per heavy atom. The van der Waals surface area contributed by atoms with Crippen LogP contribution in [-0.4, -0.2) is 44.8 Å². The second-order valence-electron chi connectivity index (χ2n) is 3.87. The minimum Gasteiger partial charge on any atom is -0.393 e. The normalized spacial score (nSPS) is 17.6. The molecule has 0 aliphatic carbocycles. The van der Waals surface area contributed by atoms with Gasteiger partial charge in [0.05, 0.1) is 24.4 Å². The minimum absolute atomic E-state index is 0. The summed E-state index contributed by atoms with van der Waals surface area (Å²) in [5.74, 6) is 0. The molecular weight excluding hydrogens is 363 g/mol. The first-order valence-corrected chi connectivity index (χ1v) is 4.98. The summed E-state index contributed by atoms with van der Waals surface area (Å²) in [6.07, 6.45) is -0.556. The van der Waals surface area contributed by atoms with Crippen LogP contribution in [0.15, 0.2) is 0 Å². The molecule has 0 rings (SSSR count). The molecule has 0 aromatic rings. The fourth-order valence-corrected chi connectivity index (χ4v) is 0.987. The second-order valence-corrected chi connectivity index (χ2v) is 3.87.